The van der Waals surface area contributed by atoms with Gasteiger partial charge < -0.3 is 10.1 Å². The predicted octanol–water partition coefficient (Wildman–Crippen LogP) is 5.22. The van der Waals surface area contributed by atoms with Gasteiger partial charge >= 0.3 is 11.8 Å². The van der Waals surface area contributed by atoms with E-state index in [4.69, 9.17) is 27.9 Å². The maximum atomic E-state index is 12.1. The molecule has 164 valence electrons. The molecule has 2 N–H and O–H groups in total. The van der Waals surface area contributed by atoms with Crippen LogP contribution in [-0.2, 0) is 22.6 Å². The Bertz CT molecular complexity index is 1150. The van der Waals surface area contributed by atoms with Crippen LogP contribution in [0.4, 0.5) is 5.69 Å². The Balaban J connectivity index is 1.54. The standard InChI is InChI=1S/C24H21Cl2N3O3/c1-2-17-7-3-4-9-22(17)28-23(30)24(31)29-27-14-16-6-5-8-20(12-16)32-15-18-10-11-19(25)13-21(18)26/h3-14H,2,15H2,1H3,(H,28,30)(H,29,31)/b27-14+. The van der Waals surface area contributed by atoms with E-state index in [0.717, 1.165) is 17.5 Å². The lowest BCUT2D eigenvalue weighted by atomic mass is 10.1. The van der Waals surface area contributed by atoms with Gasteiger partial charge in [-0.3, -0.25) is 9.59 Å². The number of rotatable bonds is 7. The van der Waals surface area contributed by atoms with Gasteiger partial charge in [-0.2, -0.15) is 5.10 Å². The van der Waals surface area contributed by atoms with Crippen molar-refractivity contribution in [3.63, 3.8) is 0 Å². The number of carbonyl (C=O) groups excluding carboxylic acids is 2. The normalized spacial score (nSPS) is 10.7. The van der Waals surface area contributed by atoms with E-state index in [-0.39, 0.29) is 6.61 Å². The molecule has 32 heavy (non-hydrogen) atoms. The highest BCUT2D eigenvalue weighted by atomic mass is 35.5. The van der Waals surface area contributed by atoms with E-state index in [0.29, 0.717) is 27.0 Å². The monoisotopic (exact) mass is 469 g/mol. The predicted molar refractivity (Wildman–Crippen MR) is 127 cm³/mol. The topological polar surface area (TPSA) is 79.8 Å². The number of hydrogen-bond donors (Lipinski definition) is 2. The molecule has 0 aliphatic rings. The molecule has 0 atom stereocenters. The van der Waals surface area contributed by atoms with Crippen LogP contribution in [0.25, 0.3) is 0 Å². The van der Waals surface area contributed by atoms with Crippen LogP contribution in [0.15, 0.2) is 71.8 Å². The van der Waals surface area contributed by atoms with Crippen LogP contribution in [0.2, 0.25) is 10.0 Å². The van der Waals surface area contributed by atoms with Gasteiger partial charge in [0.1, 0.15) is 12.4 Å². The molecule has 8 heteroatoms. The molecule has 0 aliphatic heterocycles. The number of carbonyl (C=O) groups is 2. The van der Waals surface area contributed by atoms with Crippen LogP contribution in [0.3, 0.4) is 0 Å². The van der Waals surface area contributed by atoms with Gasteiger partial charge in [0.15, 0.2) is 0 Å². The number of benzene rings is 3. The molecular weight excluding hydrogens is 449 g/mol. The number of nitrogens with one attached hydrogen (secondary N) is 2. The van der Waals surface area contributed by atoms with E-state index in [9.17, 15) is 9.59 Å². The molecule has 0 bridgehead atoms. The molecule has 0 saturated heterocycles. The SMILES string of the molecule is CCc1ccccc1NC(=O)C(=O)N/N=C/c1cccc(OCc2ccc(Cl)cc2Cl)c1. The zero-order valence-corrected chi connectivity index (χ0v) is 18.8. The molecule has 0 aromatic heterocycles. The van der Waals surface area contributed by atoms with Crippen molar-refractivity contribution in [1.29, 1.82) is 0 Å². The van der Waals surface area contributed by atoms with E-state index in [1.165, 1.54) is 6.21 Å². The summed E-state index contributed by atoms with van der Waals surface area (Å²) in [5.41, 5.74) is 5.25. The molecule has 0 unspecified atom stereocenters. The molecule has 0 fully saturated rings. The maximum Gasteiger partial charge on any atom is 0.329 e. The molecular formula is C24H21Cl2N3O3. The lowest BCUT2D eigenvalue weighted by Crippen LogP contribution is -2.32. The first-order valence-corrected chi connectivity index (χ1v) is 10.6. The number of anilines is 1. The number of aryl methyl sites for hydroxylation is 1. The van der Waals surface area contributed by atoms with Gasteiger partial charge in [-0.1, -0.05) is 66.5 Å². The fraction of sp³-hybridized carbons (Fsp3) is 0.125. The highest BCUT2D eigenvalue weighted by Crippen LogP contribution is 2.23. The lowest BCUT2D eigenvalue weighted by Gasteiger charge is -2.09. The Labute approximate surface area is 196 Å². The van der Waals surface area contributed by atoms with E-state index in [2.05, 4.69) is 15.8 Å². The molecule has 0 saturated carbocycles. The second kappa shape index (κ2) is 11.3. The Hall–Kier alpha value is -3.35. The summed E-state index contributed by atoms with van der Waals surface area (Å²) >= 11 is 12.1. The number of ether oxygens (including phenoxy) is 1. The van der Waals surface area contributed by atoms with Crippen LogP contribution in [0, 0.1) is 0 Å². The van der Waals surface area contributed by atoms with Crippen molar-refractivity contribution in [1.82, 2.24) is 5.43 Å². The number of hydrogen-bond acceptors (Lipinski definition) is 4. The third kappa shape index (κ3) is 6.57. The van der Waals surface area contributed by atoms with E-state index < -0.39 is 11.8 Å². The second-order valence-electron chi connectivity index (χ2n) is 6.76. The molecule has 3 rings (SSSR count). The summed E-state index contributed by atoms with van der Waals surface area (Å²) in [4.78, 5) is 24.1. The number of nitrogens with zero attached hydrogens (tertiary/aromatic N) is 1. The molecule has 0 heterocycles. The third-order valence-electron chi connectivity index (χ3n) is 4.50. The summed E-state index contributed by atoms with van der Waals surface area (Å²) in [6.07, 6.45) is 2.16. The minimum atomic E-state index is -0.864. The largest absolute Gasteiger partial charge is 0.489 e. The molecule has 0 spiro atoms. The molecule has 6 nitrogen and oxygen atoms in total. The highest BCUT2D eigenvalue weighted by Gasteiger charge is 2.14. The Morgan fingerprint density at radius 1 is 0.969 bits per heavy atom. The third-order valence-corrected chi connectivity index (χ3v) is 5.09. The zero-order chi connectivity index (χ0) is 22.9. The van der Waals surface area contributed by atoms with Gasteiger partial charge in [0.05, 0.1) is 6.21 Å². The van der Waals surface area contributed by atoms with E-state index >= 15 is 0 Å². The second-order valence-corrected chi connectivity index (χ2v) is 7.60. The van der Waals surface area contributed by atoms with Crippen molar-refractivity contribution in [2.24, 2.45) is 5.10 Å². The summed E-state index contributed by atoms with van der Waals surface area (Å²) in [6, 6.07) is 19.6. The number of amides is 2. The quantitative estimate of drug-likeness (QED) is 0.282. The smallest absolute Gasteiger partial charge is 0.329 e. The lowest BCUT2D eigenvalue weighted by molar-refractivity contribution is -0.136. The fourth-order valence-corrected chi connectivity index (χ4v) is 3.29. The van der Waals surface area contributed by atoms with Gasteiger partial charge in [0.2, 0.25) is 0 Å². The number of halogens is 2. The maximum absolute atomic E-state index is 12.1. The van der Waals surface area contributed by atoms with E-state index in [1.807, 2.05) is 19.1 Å². The molecule has 3 aromatic carbocycles. The zero-order valence-electron chi connectivity index (χ0n) is 17.3. The average Bonchev–Trinajstić information content (AvgIpc) is 2.79. The molecule has 2 amide bonds. The van der Waals surface area contributed by atoms with Crippen molar-refractivity contribution < 1.29 is 14.3 Å². The summed E-state index contributed by atoms with van der Waals surface area (Å²) in [7, 11) is 0. The highest BCUT2D eigenvalue weighted by molar-refractivity contribution is 6.39. The molecule has 0 aliphatic carbocycles. The van der Waals surface area contributed by atoms with E-state index in [1.54, 1.807) is 54.6 Å². The summed E-state index contributed by atoms with van der Waals surface area (Å²) in [5.74, 6) is -1.06. The van der Waals surface area contributed by atoms with Crippen molar-refractivity contribution in [2.75, 3.05) is 5.32 Å². The average molecular weight is 470 g/mol. The minimum Gasteiger partial charge on any atom is -0.489 e. The van der Waals surface area contributed by atoms with Crippen LogP contribution in [-0.4, -0.2) is 18.0 Å². The Kier molecular flexibility index (Phi) is 8.25. The van der Waals surface area contributed by atoms with Crippen molar-refractivity contribution in [3.05, 3.63) is 93.5 Å². The fourth-order valence-electron chi connectivity index (χ4n) is 2.83. The summed E-state index contributed by atoms with van der Waals surface area (Å²) in [5, 5.41) is 7.53. The van der Waals surface area contributed by atoms with Crippen LogP contribution in [0.5, 0.6) is 5.75 Å². The Morgan fingerprint density at radius 2 is 1.78 bits per heavy atom. The van der Waals surface area contributed by atoms with Gasteiger partial charge in [-0.15, -0.1) is 0 Å². The molecule has 3 aromatic rings. The van der Waals surface area contributed by atoms with Gasteiger partial charge in [0, 0.05) is 21.3 Å². The van der Waals surface area contributed by atoms with Crippen molar-refractivity contribution >= 4 is 46.9 Å². The first-order valence-electron chi connectivity index (χ1n) is 9.85. The summed E-state index contributed by atoms with van der Waals surface area (Å²) < 4.78 is 5.77. The summed E-state index contributed by atoms with van der Waals surface area (Å²) in [6.45, 7) is 2.24. The minimum absolute atomic E-state index is 0.271. The van der Waals surface area contributed by atoms with Crippen molar-refractivity contribution in [3.8, 4) is 5.75 Å². The number of para-hydroxylation sites is 1. The number of hydrazone groups is 1. The van der Waals surface area contributed by atoms with Crippen LogP contribution >= 0.6 is 23.2 Å². The van der Waals surface area contributed by atoms with Crippen LogP contribution in [0.1, 0.15) is 23.6 Å². The first kappa shape index (κ1) is 23.3. The van der Waals surface area contributed by atoms with Gasteiger partial charge in [0.25, 0.3) is 0 Å². The van der Waals surface area contributed by atoms with Crippen LogP contribution < -0.4 is 15.5 Å². The van der Waals surface area contributed by atoms with Gasteiger partial charge in [-0.05, 0) is 47.9 Å². The van der Waals surface area contributed by atoms with Gasteiger partial charge in [-0.25, -0.2) is 5.43 Å². The Morgan fingerprint density at radius 3 is 2.56 bits per heavy atom. The van der Waals surface area contributed by atoms with Crippen molar-refractivity contribution in [2.45, 2.75) is 20.0 Å². The molecule has 0 radical (unpaired) electrons. The first-order chi connectivity index (χ1) is 15.5.